The van der Waals surface area contributed by atoms with Crippen LogP contribution in [0.15, 0.2) is 5.16 Å². The Morgan fingerprint density at radius 1 is 1.33 bits per heavy atom. The minimum atomic E-state index is 0.653. The zero-order chi connectivity index (χ0) is 12.6. The second-order valence-corrected chi connectivity index (χ2v) is 5.28. The third-order valence-electron chi connectivity index (χ3n) is 2.87. The van der Waals surface area contributed by atoms with Crippen LogP contribution in [0.25, 0.3) is 0 Å². The van der Waals surface area contributed by atoms with Gasteiger partial charge in [0.15, 0.2) is 5.01 Å². The van der Waals surface area contributed by atoms with Crippen LogP contribution in [0.4, 0.5) is 0 Å². The molecule has 7 heteroatoms. The number of aryl methyl sites for hydroxylation is 1. The van der Waals surface area contributed by atoms with Crippen LogP contribution in [0.3, 0.4) is 0 Å². The smallest absolute Gasteiger partial charge is 0.162 e. The minimum absolute atomic E-state index is 0.653. The molecule has 6 nitrogen and oxygen atoms in total. The van der Waals surface area contributed by atoms with Gasteiger partial charge in [-0.15, -0.1) is 10.2 Å². The van der Waals surface area contributed by atoms with Gasteiger partial charge in [-0.3, -0.25) is 4.90 Å². The number of rotatable bonds is 6. The molecule has 1 saturated heterocycles. The van der Waals surface area contributed by atoms with E-state index >= 15 is 0 Å². The molecule has 1 aliphatic rings. The monoisotopic (exact) mass is 270 g/mol. The molecule has 0 atom stereocenters. The molecule has 0 radical (unpaired) electrons. The predicted molar refractivity (Wildman–Crippen MR) is 69.5 cm³/mol. The van der Waals surface area contributed by atoms with Crippen LogP contribution in [-0.4, -0.2) is 59.4 Å². The van der Waals surface area contributed by atoms with E-state index in [9.17, 15) is 0 Å². The van der Waals surface area contributed by atoms with Gasteiger partial charge in [0.25, 0.3) is 0 Å². The summed E-state index contributed by atoms with van der Waals surface area (Å²) >= 11 is 1.48. The number of unbranched alkanes of at least 4 members (excludes halogenated alkanes) is 1. The van der Waals surface area contributed by atoms with Gasteiger partial charge in [-0.25, -0.2) is 0 Å². The Kier molecular flexibility index (Phi) is 5.50. The van der Waals surface area contributed by atoms with Gasteiger partial charge in [-0.05, 0) is 19.4 Å². The van der Waals surface area contributed by atoms with Crippen molar-refractivity contribution >= 4 is 17.6 Å². The van der Waals surface area contributed by atoms with E-state index in [1.165, 1.54) is 24.0 Å². The summed E-state index contributed by atoms with van der Waals surface area (Å²) in [5, 5.41) is 20.9. The largest absolute Gasteiger partial charge is 0.411 e. The Morgan fingerprint density at radius 3 is 2.94 bits per heavy atom. The van der Waals surface area contributed by atoms with Crippen molar-refractivity contribution in [2.75, 3.05) is 32.8 Å². The molecule has 0 saturated carbocycles. The van der Waals surface area contributed by atoms with E-state index in [1.807, 2.05) is 0 Å². The lowest BCUT2D eigenvalue weighted by Crippen LogP contribution is -2.36. The van der Waals surface area contributed by atoms with Crippen LogP contribution in [0, 0.1) is 0 Å². The SMILES string of the molecule is O/N=C/c1nnc(CCCCN2CCOCC2)s1. The molecule has 0 unspecified atom stereocenters. The van der Waals surface area contributed by atoms with Crippen LogP contribution < -0.4 is 0 Å². The van der Waals surface area contributed by atoms with Crippen LogP contribution in [-0.2, 0) is 11.2 Å². The molecular formula is C11H18N4O2S. The van der Waals surface area contributed by atoms with E-state index in [2.05, 4.69) is 20.3 Å². The van der Waals surface area contributed by atoms with Gasteiger partial charge in [-0.1, -0.05) is 16.5 Å². The molecule has 1 N–H and O–H groups in total. The molecule has 0 aliphatic carbocycles. The van der Waals surface area contributed by atoms with Gasteiger partial charge >= 0.3 is 0 Å². The molecule has 100 valence electrons. The Labute approximate surface area is 110 Å². The normalized spacial score (nSPS) is 17.6. The summed E-state index contributed by atoms with van der Waals surface area (Å²) in [6.45, 7) is 4.96. The van der Waals surface area contributed by atoms with Crippen molar-refractivity contribution < 1.29 is 9.94 Å². The molecule has 2 rings (SSSR count). The highest BCUT2D eigenvalue weighted by molar-refractivity contribution is 7.12. The molecule has 1 aromatic heterocycles. The Morgan fingerprint density at radius 2 is 2.17 bits per heavy atom. The summed E-state index contributed by atoms with van der Waals surface area (Å²) in [4.78, 5) is 2.44. The molecule has 1 aromatic rings. The summed E-state index contributed by atoms with van der Waals surface area (Å²) in [5.74, 6) is 0. The fourth-order valence-corrected chi connectivity index (χ4v) is 2.66. The molecule has 0 aromatic carbocycles. The van der Waals surface area contributed by atoms with Gasteiger partial charge in [0.05, 0.1) is 13.2 Å². The molecule has 18 heavy (non-hydrogen) atoms. The first-order chi connectivity index (χ1) is 8.88. The second kappa shape index (κ2) is 7.40. The van der Waals surface area contributed by atoms with Crippen molar-refractivity contribution in [2.24, 2.45) is 5.16 Å². The van der Waals surface area contributed by atoms with Gasteiger partial charge in [0.2, 0.25) is 0 Å². The molecule has 1 fully saturated rings. The number of oxime groups is 1. The van der Waals surface area contributed by atoms with Crippen LogP contribution in [0.5, 0.6) is 0 Å². The summed E-state index contributed by atoms with van der Waals surface area (Å²) in [7, 11) is 0. The van der Waals surface area contributed by atoms with E-state index in [0.29, 0.717) is 5.01 Å². The lowest BCUT2D eigenvalue weighted by molar-refractivity contribution is 0.0372. The van der Waals surface area contributed by atoms with Crippen molar-refractivity contribution in [3.05, 3.63) is 10.0 Å². The Bertz CT molecular complexity index is 377. The second-order valence-electron chi connectivity index (χ2n) is 4.19. The topological polar surface area (TPSA) is 70.8 Å². The maximum absolute atomic E-state index is 8.38. The average molecular weight is 270 g/mol. The summed E-state index contributed by atoms with van der Waals surface area (Å²) < 4.78 is 5.31. The number of hydrogen-bond donors (Lipinski definition) is 1. The lowest BCUT2D eigenvalue weighted by atomic mass is 10.2. The summed E-state index contributed by atoms with van der Waals surface area (Å²) in [5.41, 5.74) is 0. The highest BCUT2D eigenvalue weighted by Gasteiger charge is 2.09. The molecule has 0 spiro atoms. The Hall–Kier alpha value is -1.05. The number of nitrogens with zero attached hydrogens (tertiary/aromatic N) is 4. The van der Waals surface area contributed by atoms with Crippen LogP contribution in [0.1, 0.15) is 22.9 Å². The average Bonchev–Trinajstić information content (AvgIpc) is 2.84. The first kappa shape index (κ1) is 13.4. The van der Waals surface area contributed by atoms with Crippen molar-refractivity contribution in [1.29, 1.82) is 0 Å². The molecule has 2 heterocycles. The third-order valence-corrected chi connectivity index (χ3v) is 3.79. The van der Waals surface area contributed by atoms with E-state index in [4.69, 9.17) is 9.94 Å². The maximum Gasteiger partial charge on any atom is 0.162 e. The number of morpholine rings is 1. The minimum Gasteiger partial charge on any atom is -0.411 e. The fourth-order valence-electron chi connectivity index (χ4n) is 1.91. The summed E-state index contributed by atoms with van der Waals surface area (Å²) in [6.07, 6.45) is 4.54. The predicted octanol–water partition coefficient (Wildman–Crippen LogP) is 1.00. The first-order valence-corrected chi connectivity index (χ1v) is 7.00. The van der Waals surface area contributed by atoms with Crippen LogP contribution in [0.2, 0.25) is 0 Å². The van der Waals surface area contributed by atoms with Gasteiger partial charge in [-0.2, -0.15) is 0 Å². The lowest BCUT2D eigenvalue weighted by Gasteiger charge is -2.26. The zero-order valence-electron chi connectivity index (χ0n) is 10.3. The molecule has 0 amide bonds. The van der Waals surface area contributed by atoms with Crippen molar-refractivity contribution in [2.45, 2.75) is 19.3 Å². The Balaban J connectivity index is 1.62. The first-order valence-electron chi connectivity index (χ1n) is 6.18. The number of aromatic nitrogens is 2. The van der Waals surface area contributed by atoms with E-state index in [0.717, 1.165) is 50.7 Å². The van der Waals surface area contributed by atoms with Crippen molar-refractivity contribution in [1.82, 2.24) is 15.1 Å². The van der Waals surface area contributed by atoms with E-state index < -0.39 is 0 Å². The standard InChI is InChI=1S/C11H18N4O2S/c16-12-9-11-14-13-10(18-11)3-1-2-4-15-5-7-17-8-6-15/h9,16H,1-8H2/b12-9+. The highest BCUT2D eigenvalue weighted by atomic mass is 32.1. The number of hydrogen-bond acceptors (Lipinski definition) is 7. The molecule has 0 bridgehead atoms. The van der Waals surface area contributed by atoms with Crippen LogP contribution >= 0.6 is 11.3 Å². The summed E-state index contributed by atoms with van der Waals surface area (Å²) in [6, 6.07) is 0. The van der Waals surface area contributed by atoms with Crippen molar-refractivity contribution in [3.63, 3.8) is 0 Å². The maximum atomic E-state index is 8.38. The van der Waals surface area contributed by atoms with Gasteiger partial charge in [0.1, 0.15) is 11.2 Å². The highest BCUT2D eigenvalue weighted by Crippen LogP contribution is 2.11. The number of ether oxygens (including phenoxy) is 1. The molecule has 1 aliphatic heterocycles. The van der Waals surface area contributed by atoms with Gasteiger partial charge < -0.3 is 9.94 Å². The van der Waals surface area contributed by atoms with Crippen molar-refractivity contribution in [3.8, 4) is 0 Å². The van der Waals surface area contributed by atoms with E-state index in [-0.39, 0.29) is 0 Å². The fraction of sp³-hybridized carbons (Fsp3) is 0.727. The zero-order valence-corrected chi connectivity index (χ0v) is 11.1. The van der Waals surface area contributed by atoms with Gasteiger partial charge in [0, 0.05) is 19.5 Å². The molecular weight excluding hydrogens is 252 g/mol. The third kappa shape index (κ3) is 4.32. The quantitative estimate of drug-likeness (QED) is 0.361. The van der Waals surface area contributed by atoms with E-state index in [1.54, 1.807) is 0 Å².